The molecule has 0 saturated carbocycles. The Morgan fingerprint density at radius 1 is 1.14 bits per heavy atom. The van der Waals surface area contributed by atoms with Gasteiger partial charge in [-0.15, -0.1) is 0 Å². The van der Waals surface area contributed by atoms with Crippen molar-refractivity contribution >= 4 is 28.7 Å². The molecule has 0 aliphatic heterocycles. The van der Waals surface area contributed by atoms with Gasteiger partial charge in [0.25, 0.3) is 0 Å². The summed E-state index contributed by atoms with van der Waals surface area (Å²) in [5, 5.41) is 13.1. The third-order valence-electron chi connectivity index (χ3n) is 3.13. The van der Waals surface area contributed by atoms with Gasteiger partial charge in [-0.25, -0.2) is 9.78 Å². The van der Waals surface area contributed by atoms with Gasteiger partial charge in [-0.05, 0) is 30.7 Å². The quantitative estimate of drug-likeness (QED) is 0.765. The van der Waals surface area contributed by atoms with Crippen molar-refractivity contribution in [3.05, 3.63) is 36.5 Å². The number of carboxylic acid groups (broad SMARTS) is 1. The van der Waals surface area contributed by atoms with E-state index in [4.69, 9.17) is 9.84 Å². The van der Waals surface area contributed by atoms with Crippen LogP contribution in [0.1, 0.15) is 25.7 Å². The number of carboxylic acids is 1. The van der Waals surface area contributed by atoms with E-state index in [0.29, 0.717) is 25.1 Å². The van der Waals surface area contributed by atoms with E-state index in [1.54, 1.807) is 12.3 Å². The first-order valence-electron chi connectivity index (χ1n) is 7.15. The third-order valence-corrected chi connectivity index (χ3v) is 3.13. The van der Waals surface area contributed by atoms with Crippen molar-refractivity contribution in [2.75, 3.05) is 11.9 Å². The molecule has 6 heteroatoms. The number of nitrogens with zero attached hydrogens (tertiary/aromatic N) is 1. The number of carbonyl (C=O) groups excluding carboxylic acids is 1. The van der Waals surface area contributed by atoms with E-state index < -0.39 is 12.1 Å². The number of fused-ring (bicyclic) bond motifs is 1. The summed E-state index contributed by atoms with van der Waals surface area (Å²) in [6, 6.07) is 9.51. The average Bonchev–Trinajstić information content (AvgIpc) is 2.50. The van der Waals surface area contributed by atoms with Gasteiger partial charge in [-0.2, -0.15) is 0 Å². The Bertz CT molecular complexity index is 657. The number of hydrogen-bond donors (Lipinski definition) is 2. The highest BCUT2D eigenvalue weighted by molar-refractivity contribution is 5.89. The molecule has 0 fully saturated rings. The van der Waals surface area contributed by atoms with Crippen LogP contribution >= 0.6 is 0 Å². The Morgan fingerprint density at radius 3 is 2.68 bits per heavy atom. The van der Waals surface area contributed by atoms with Crippen molar-refractivity contribution in [3.8, 4) is 0 Å². The van der Waals surface area contributed by atoms with Gasteiger partial charge in [-0.1, -0.05) is 24.3 Å². The molecule has 0 unspecified atom stereocenters. The number of amides is 1. The van der Waals surface area contributed by atoms with E-state index in [0.717, 1.165) is 10.8 Å². The summed E-state index contributed by atoms with van der Waals surface area (Å²) in [6.07, 6.45) is 3.23. The number of benzene rings is 1. The summed E-state index contributed by atoms with van der Waals surface area (Å²) in [5.74, 6) is -0.365. The SMILES string of the molecule is O=C(O)CCCCCOC(=O)Nc1cc2ccccc2cn1. The van der Waals surface area contributed by atoms with Crippen LogP contribution in [0.2, 0.25) is 0 Å². The van der Waals surface area contributed by atoms with Crippen LogP contribution < -0.4 is 5.32 Å². The molecule has 0 atom stereocenters. The molecule has 1 aromatic carbocycles. The number of hydrogen-bond acceptors (Lipinski definition) is 4. The molecule has 2 N–H and O–H groups in total. The zero-order chi connectivity index (χ0) is 15.8. The van der Waals surface area contributed by atoms with E-state index in [9.17, 15) is 9.59 Å². The van der Waals surface area contributed by atoms with Crippen LogP contribution in [-0.2, 0) is 9.53 Å². The molecule has 6 nitrogen and oxygen atoms in total. The lowest BCUT2D eigenvalue weighted by Crippen LogP contribution is -2.15. The molecule has 1 amide bonds. The maximum atomic E-state index is 11.6. The fraction of sp³-hybridized carbons (Fsp3) is 0.312. The number of aromatic nitrogens is 1. The lowest BCUT2D eigenvalue weighted by molar-refractivity contribution is -0.137. The lowest BCUT2D eigenvalue weighted by atomic mass is 10.2. The Hall–Kier alpha value is -2.63. The molecule has 1 aromatic heterocycles. The predicted octanol–water partition coefficient (Wildman–Crippen LogP) is 3.43. The molecule has 1 heterocycles. The molecule has 2 aromatic rings. The van der Waals surface area contributed by atoms with E-state index in [2.05, 4.69) is 10.3 Å². The molecule has 0 spiro atoms. The lowest BCUT2D eigenvalue weighted by Gasteiger charge is -2.07. The second-order valence-corrected chi connectivity index (χ2v) is 4.88. The van der Waals surface area contributed by atoms with Crippen molar-refractivity contribution in [3.63, 3.8) is 0 Å². The molecule has 0 bridgehead atoms. The number of rotatable bonds is 7. The van der Waals surface area contributed by atoms with Crippen molar-refractivity contribution in [1.82, 2.24) is 4.98 Å². The maximum absolute atomic E-state index is 11.6. The Kier molecular flexibility index (Phi) is 5.71. The molecular formula is C16H18N2O4. The first-order chi connectivity index (χ1) is 10.6. The second kappa shape index (κ2) is 7.97. The van der Waals surface area contributed by atoms with Crippen molar-refractivity contribution in [2.45, 2.75) is 25.7 Å². The number of anilines is 1. The molecule has 0 aliphatic carbocycles. The Morgan fingerprint density at radius 2 is 1.91 bits per heavy atom. The van der Waals surface area contributed by atoms with Crippen LogP contribution in [-0.4, -0.2) is 28.8 Å². The summed E-state index contributed by atoms with van der Waals surface area (Å²) in [6.45, 7) is 0.263. The Labute approximate surface area is 128 Å². The van der Waals surface area contributed by atoms with Crippen LogP contribution in [0.3, 0.4) is 0 Å². The summed E-state index contributed by atoms with van der Waals surface area (Å²) >= 11 is 0. The fourth-order valence-electron chi connectivity index (χ4n) is 2.01. The second-order valence-electron chi connectivity index (χ2n) is 4.88. The topological polar surface area (TPSA) is 88.5 Å². The molecule has 2 rings (SSSR count). The molecule has 0 aliphatic rings. The number of pyridine rings is 1. The summed E-state index contributed by atoms with van der Waals surface area (Å²) in [7, 11) is 0. The van der Waals surface area contributed by atoms with Crippen LogP contribution in [0, 0.1) is 0 Å². The largest absolute Gasteiger partial charge is 0.481 e. The van der Waals surface area contributed by atoms with Gasteiger partial charge in [0.05, 0.1) is 6.61 Å². The van der Waals surface area contributed by atoms with Crippen LogP contribution in [0.15, 0.2) is 36.5 Å². The number of unbranched alkanes of at least 4 members (excludes halogenated alkanes) is 2. The van der Waals surface area contributed by atoms with Gasteiger partial charge in [0.2, 0.25) is 0 Å². The van der Waals surface area contributed by atoms with Gasteiger partial charge >= 0.3 is 12.1 Å². The molecule has 0 radical (unpaired) electrons. The maximum Gasteiger partial charge on any atom is 0.412 e. The third kappa shape index (κ3) is 5.05. The number of carbonyl (C=O) groups is 2. The molecular weight excluding hydrogens is 284 g/mol. The van der Waals surface area contributed by atoms with Crippen molar-refractivity contribution in [1.29, 1.82) is 0 Å². The molecule has 116 valence electrons. The molecule has 22 heavy (non-hydrogen) atoms. The van der Waals surface area contributed by atoms with Gasteiger partial charge < -0.3 is 9.84 Å². The normalized spacial score (nSPS) is 10.4. The minimum absolute atomic E-state index is 0.146. The first-order valence-corrected chi connectivity index (χ1v) is 7.15. The summed E-state index contributed by atoms with van der Waals surface area (Å²) < 4.78 is 5.03. The predicted molar refractivity (Wildman–Crippen MR) is 82.8 cm³/mol. The number of nitrogens with one attached hydrogen (secondary N) is 1. The highest BCUT2D eigenvalue weighted by Crippen LogP contribution is 2.16. The first kappa shape index (κ1) is 15.8. The van der Waals surface area contributed by atoms with Crippen LogP contribution in [0.5, 0.6) is 0 Å². The monoisotopic (exact) mass is 302 g/mol. The summed E-state index contributed by atoms with van der Waals surface area (Å²) in [4.78, 5) is 26.1. The minimum Gasteiger partial charge on any atom is -0.481 e. The van der Waals surface area contributed by atoms with Gasteiger partial charge in [0.15, 0.2) is 0 Å². The van der Waals surface area contributed by atoms with Gasteiger partial charge in [0, 0.05) is 18.0 Å². The number of ether oxygens (including phenoxy) is 1. The van der Waals surface area contributed by atoms with E-state index in [-0.39, 0.29) is 13.0 Å². The zero-order valence-corrected chi connectivity index (χ0v) is 12.1. The Balaban J connectivity index is 1.73. The zero-order valence-electron chi connectivity index (χ0n) is 12.1. The highest BCUT2D eigenvalue weighted by Gasteiger charge is 2.05. The van der Waals surface area contributed by atoms with E-state index >= 15 is 0 Å². The fourth-order valence-corrected chi connectivity index (χ4v) is 2.01. The van der Waals surface area contributed by atoms with Crippen molar-refractivity contribution < 1.29 is 19.4 Å². The van der Waals surface area contributed by atoms with E-state index in [1.165, 1.54) is 0 Å². The smallest absolute Gasteiger partial charge is 0.412 e. The van der Waals surface area contributed by atoms with E-state index in [1.807, 2.05) is 24.3 Å². The van der Waals surface area contributed by atoms with Crippen LogP contribution in [0.25, 0.3) is 10.8 Å². The van der Waals surface area contributed by atoms with Crippen molar-refractivity contribution in [2.24, 2.45) is 0 Å². The highest BCUT2D eigenvalue weighted by atomic mass is 16.5. The minimum atomic E-state index is -0.805. The number of aliphatic carboxylic acids is 1. The summed E-state index contributed by atoms with van der Waals surface area (Å²) in [5.41, 5.74) is 0. The van der Waals surface area contributed by atoms with Gasteiger partial charge in [-0.3, -0.25) is 10.1 Å². The standard InChI is InChI=1S/C16H18N2O4/c19-15(20)8-2-1-5-9-22-16(21)18-14-10-12-6-3-4-7-13(12)11-17-14/h3-4,6-7,10-11H,1-2,5,8-9H2,(H,19,20)(H,17,18,21). The average molecular weight is 302 g/mol. The molecule has 0 saturated heterocycles. The van der Waals surface area contributed by atoms with Crippen LogP contribution in [0.4, 0.5) is 10.6 Å². The van der Waals surface area contributed by atoms with Gasteiger partial charge in [0.1, 0.15) is 5.82 Å².